The minimum atomic E-state index is -0.116. The average molecular weight is 260 g/mol. The van der Waals surface area contributed by atoms with Crippen molar-refractivity contribution in [3.8, 4) is 0 Å². The molecule has 0 aromatic rings. The molecular weight excluding hydrogens is 224 g/mol. The Morgan fingerprint density at radius 3 is 1.44 bits per heavy atom. The Hall–Kier alpha value is -0.340. The maximum atomic E-state index is 8.36. The van der Waals surface area contributed by atoms with Crippen LogP contribution in [-0.2, 0) is 4.74 Å². The van der Waals surface area contributed by atoms with E-state index in [9.17, 15) is 0 Å². The predicted octanol–water partition coefficient (Wildman–Crippen LogP) is 4.96. The van der Waals surface area contributed by atoms with Crippen LogP contribution in [0.1, 0.15) is 75.2 Å². The topological polar surface area (TPSA) is 29.5 Å². The fourth-order valence-electron chi connectivity index (χ4n) is 0.687. The van der Waals surface area contributed by atoms with Crippen LogP contribution in [0.5, 0.6) is 0 Å². The van der Waals surface area contributed by atoms with Crippen molar-refractivity contribution >= 4 is 0 Å². The minimum absolute atomic E-state index is 0.0232. The maximum absolute atomic E-state index is 8.36. The van der Waals surface area contributed by atoms with Gasteiger partial charge in [-0.1, -0.05) is 19.4 Å². The van der Waals surface area contributed by atoms with Crippen LogP contribution >= 0.6 is 0 Å². The van der Waals surface area contributed by atoms with Gasteiger partial charge in [0.25, 0.3) is 0 Å². The van der Waals surface area contributed by atoms with Gasteiger partial charge in [0.15, 0.2) is 0 Å². The van der Waals surface area contributed by atoms with Crippen LogP contribution in [0.3, 0.4) is 0 Å². The molecular formula is C16H36O2. The molecule has 2 unspecified atom stereocenters. The van der Waals surface area contributed by atoms with E-state index in [-0.39, 0.29) is 11.7 Å². The number of aliphatic hydroxyl groups is 1. The summed E-state index contributed by atoms with van der Waals surface area (Å²) in [6.07, 6.45) is 2.23. The largest absolute Gasteiger partial charge is 0.393 e. The molecule has 0 radical (unpaired) electrons. The third-order valence-corrected chi connectivity index (χ3v) is 1.72. The Balaban J connectivity index is -0.000000212. The lowest BCUT2D eigenvalue weighted by Crippen LogP contribution is -2.24. The quantitative estimate of drug-likeness (QED) is 0.727. The van der Waals surface area contributed by atoms with Gasteiger partial charge in [-0.15, -0.1) is 6.58 Å². The van der Waals surface area contributed by atoms with Crippen molar-refractivity contribution in [1.82, 2.24) is 0 Å². The van der Waals surface area contributed by atoms with Crippen molar-refractivity contribution in [2.75, 3.05) is 0 Å². The molecule has 0 aliphatic carbocycles. The van der Waals surface area contributed by atoms with Crippen molar-refractivity contribution in [3.63, 3.8) is 0 Å². The lowest BCUT2D eigenvalue weighted by Gasteiger charge is -2.23. The highest BCUT2D eigenvalue weighted by Gasteiger charge is 2.12. The van der Waals surface area contributed by atoms with Crippen LogP contribution in [0.4, 0.5) is 0 Å². The fourth-order valence-corrected chi connectivity index (χ4v) is 0.687. The van der Waals surface area contributed by atoms with E-state index in [1.165, 1.54) is 5.57 Å². The Morgan fingerprint density at radius 1 is 1.11 bits per heavy atom. The van der Waals surface area contributed by atoms with Crippen molar-refractivity contribution < 1.29 is 9.84 Å². The first-order chi connectivity index (χ1) is 7.96. The van der Waals surface area contributed by atoms with Crippen molar-refractivity contribution in [3.05, 3.63) is 12.2 Å². The lowest BCUT2D eigenvalue weighted by molar-refractivity contribution is -0.0521. The molecule has 2 heteroatoms. The van der Waals surface area contributed by atoms with Gasteiger partial charge in [0.2, 0.25) is 0 Å². The lowest BCUT2D eigenvalue weighted by atomic mass is 10.2. The van der Waals surface area contributed by atoms with Gasteiger partial charge in [0, 0.05) is 0 Å². The van der Waals surface area contributed by atoms with Crippen LogP contribution < -0.4 is 0 Å². The van der Waals surface area contributed by atoms with Crippen LogP contribution in [0.15, 0.2) is 12.2 Å². The van der Waals surface area contributed by atoms with Gasteiger partial charge in [-0.2, -0.15) is 0 Å². The molecule has 18 heavy (non-hydrogen) atoms. The SMILES string of the molecule is C=C(C)C.CCC(C)O.CCC(C)OC(C)(C)C. The highest BCUT2D eigenvalue weighted by molar-refractivity contribution is 4.78. The van der Waals surface area contributed by atoms with Crippen LogP contribution in [0.2, 0.25) is 0 Å². The van der Waals surface area contributed by atoms with Gasteiger partial charge in [-0.3, -0.25) is 0 Å². The minimum Gasteiger partial charge on any atom is -0.393 e. The van der Waals surface area contributed by atoms with Crippen LogP contribution in [-0.4, -0.2) is 22.9 Å². The molecule has 0 fully saturated rings. The molecule has 0 aliphatic rings. The summed E-state index contributed by atoms with van der Waals surface area (Å²) < 4.78 is 5.59. The van der Waals surface area contributed by atoms with Gasteiger partial charge in [-0.25, -0.2) is 0 Å². The second kappa shape index (κ2) is 13.1. The predicted molar refractivity (Wildman–Crippen MR) is 83.1 cm³/mol. The first-order valence-corrected chi connectivity index (χ1v) is 6.94. The summed E-state index contributed by atoms with van der Waals surface area (Å²) in [4.78, 5) is 0. The summed E-state index contributed by atoms with van der Waals surface area (Å²) in [5, 5.41) is 8.36. The summed E-state index contributed by atoms with van der Waals surface area (Å²) in [7, 11) is 0. The van der Waals surface area contributed by atoms with E-state index >= 15 is 0 Å². The molecule has 0 spiro atoms. The summed E-state index contributed by atoms with van der Waals surface area (Å²) in [6.45, 7) is 21.7. The Labute approximate surface area is 115 Å². The van der Waals surface area contributed by atoms with Gasteiger partial charge < -0.3 is 9.84 Å². The summed E-state index contributed by atoms with van der Waals surface area (Å²) in [5.41, 5.74) is 1.19. The van der Waals surface area contributed by atoms with Gasteiger partial charge in [0.05, 0.1) is 17.8 Å². The molecule has 2 nitrogen and oxygen atoms in total. The molecule has 0 aromatic heterocycles. The Morgan fingerprint density at radius 2 is 1.39 bits per heavy atom. The number of rotatable bonds is 3. The zero-order chi connectivity index (χ0) is 15.4. The summed E-state index contributed by atoms with van der Waals surface area (Å²) in [6, 6.07) is 0. The highest BCUT2D eigenvalue weighted by Crippen LogP contribution is 2.11. The van der Waals surface area contributed by atoms with E-state index in [2.05, 4.69) is 41.2 Å². The normalized spacial score (nSPS) is 13.4. The van der Waals surface area contributed by atoms with E-state index in [0.717, 1.165) is 12.8 Å². The molecule has 0 amide bonds. The van der Waals surface area contributed by atoms with Crippen molar-refractivity contribution in [2.45, 2.75) is 93.0 Å². The summed E-state index contributed by atoms with van der Waals surface area (Å²) in [5.74, 6) is 0. The molecule has 0 heterocycles. The van der Waals surface area contributed by atoms with E-state index in [1.54, 1.807) is 6.92 Å². The third kappa shape index (κ3) is 44.9. The van der Waals surface area contributed by atoms with E-state index in [1.807, 2.05) is 20.8 Å². The van der Waals surface area contributed by atoms with E-state index in [4.69, 9.17) is 9.84 Å². The third-order valence-electron chi connectivity index (χ3n) is 1.72. The average Bonchev–Trinajstić information content (AvgIpc) is 2.15. The number of hydrogen-bond acceptors (Lipinski definition) is 2. The number of allylic oxidation sites excluding steroid dienone is 1. The maximum Gasteiger partial charge on any atom is 0.0602 e. The molecule has 0 aromatic carbocycles. The first-order valence-electron chi connectivity index (χ1n) is 6.94. The standard InChI is InChI=1S/C8H18O.C4H10O.C4H8/c1-6-7(2)9-8(3,4)5;1-3-4(2)5;1-4(2)3/h7H,6H2,1-5H3;4-5H,3H2,1-2H3;1H2,2-3H3. The second-order valence-electron chi connectivity index (χ2n) is 5.91. The molecule has 0 rings (SSSR count). The molecule has 0 bridgehead atoms. The molecule has 0 saturated heterocycles. The van der Waals surface area contributed by atoms with Gasteiger partial charge in [-0.05, 0) is 61.3 Å². The number of aliphatic hydroxyl groups excluding tert-OH is 1. The van der Waals surface area contributed by atoms with Gasteiger partial charge in [0.1, 0.15) is 0 Å². The molecule has 112 valence electrons. The smallest absolute Gasteiger partial charge is 0.0602 e. The van der Waals surface area contributed by atoms with Crippen molar-refractivity contribution in [1.29, 1.82) is 0 Å². The van der Waals surface area contributed by atoms with Crippen LogP contribution in [0, 0.1) is 0 Å². The highest BCUT2D eigenvalue weighted by atomic mass is 16.5. The van der Waals surface area contributed by atoms with E-state index in [0.29, 0.717) is 6.10 Å². The number of ether oxygens (including phenoxy) is 1. The van der Waals surface area contributed by atoms with E-state index < -0.39 is 0 Å². The molecule has 1 N–H and O–H groups in total. The monoisotopic (exact) mass is 260 g/mol. The first kappa shape index (κ1) is 22.8. The molecule has 2 atom stereocenters. The molecule has 0 aliphatic heterocycles. The molecule has 0 saturated carbocycles. The fraction of sp³-hybridized carbons (Fsp3) is 0.875. The zero-order valence-electron chi connectivity index (χ0n) is 14.1. The van der Waals surface area contributed by atoms with Crippen LogP contribution in [0.25, 0.3) is 0 Å². The second-order valence-corrected chi connectivity index (χ2v) is 5.91. The van der Waals surface area contributed by atoms with Crippen molar-refractivity contribution in [2.24, 2.45) is 0 Å². The number of hydrogen-bond donors (Lipinski definition) is 1. The Kier molecular flexibility index (Phi) is 16.6. The van der Waals surface area contributed by atoms with Gasteiger partial charge >= 0.3 is 0 Å². The Bertz CT molecular complexity index is 174. The summed E-state index contributed by atoms with van der Waals surface area (Å²) >= 11 is 0. The zero-order valence-corrected chi connectivity index (χ0v) is 14.1.